The summed E-state index contributed by atoms with van der Waals surface area (Å²) in [6.07, 6.45) is 13.8. The van der Waals surface area contributed by atoms with E-state index in [0.29, 0.717) is 6.17 Å². The number of hydrogen-bond donors (Lipinski definition) is 1. The molecule has 2 unspecified atom stereocenters. The van der Waals surface area contributed by atoms with Gasteiger partial charge in [0.05, 0.1) is 6.17 Å². The third-order valence-corrected chi connectivity index (χ3v) is 4.65. The summed E-state index contributed by atoms with van der Waals surface area (Å²) in [4.78, 5) is 4.61. The third kappa shape index (κ3) is 6.55. The Balaban J connectivity index is 2.00. The lowest BCUT2D eigenvalue weighted by Crippen LogP contribution is -2.41. The van der Waals surface area contributed by atoms with Gasteiger partial charge in [0.15, 0.2) is 0 Å². The van der Waals surface area contributed by atoms with E-state index >= 15 is 0 Å². The van der Waals surface area contributed by atoms with Gasteiger partial charge in [-0.25, -0.2) is 0 Å². The topological polar surface area (TPSA) is 26.7 Å². The van der Waals surface area contributed by atoms with E-state index in [2.05, 4.69) is 23.8 Å². The number of unbranched alkanes of at least 4 members (excludes halogenated alkanes) is 8. The van der Waals surface area contributed by atoms with Crippen molar-refractivity contribution in [3.63, 3.8) is 0 Å². The maximum atomic E-state index is 9.78. The second-order valence-electron chi connectivity index (χ2n) is 6.45. The predicted octanol–water partition coefficient (Wildman–Crippen LogP) is 3.82. The first-order chi connectivity index (χ1) is 9.66. The summed E-state index contributed by atoms with van der Waals surface area (Å²) in [7, 11) is 2.18. The van der Waals surface area contributed by atoms with Crippen LogP contribution in [0.25, 0.3) is 0 Å². The van der Waals surface area contributed by atoms with Gasteiger partial charge in [0.25, 0.3) is 0 Å². The van der Waals surface area contributed by atoms with Crippen LogP contribution in [-0.4, -0.2) is 47.4 Å². The van der Waals surface area contributed by atoms with Crippen LogP contribution in [0.5, 0.6) is 0 Å². The summed E-state index contributed by atoms with van der Waals surface area (Å²) in [6.45, 7) is 6.27. The van der Waals surface area contributed by atoms with Gasteiger partial charge in [-0.3, -0.25) is 9.80 Å². The first-order valence-corrected chi connectivity index (χ1v) is 8.81. The molecule has 1 aliphatic rings. The minimum Gasteiger partial charge on any atom is -0.379 e. The monoisotopic (exact) mass is 284 g/mol. The fourth-order valence-electron chi connectivity index (χ4n) is 3.28. The molecule has 1 saturated heterocycles. The van der Waals surface area contributed by atoms with E-state index in [9.17, 15) is 5.11 Å². The summed E-state index contributed by atoms with van der Waals surface area (Å²) in [6, 6.07) is 0. The van der Waals surface area contributed by atoms with Gasteiger partial charge in [-0.1, -0.05) is 64.7 Å². The minimum absolute atomic E-state index is 0.302. The van der Waals surface area contributed by atoms with Gasteiger partial charge in [0.1, 0.15) is 6.23 Å². The van der Waals surface area contributed by atoms with E-state index in [1.165, 1.54) is 64.2 Å². The molecule has 0 aromatic rings. The van der Waals surface area contributed by atoms with Crippen LogP contribution < -0.4 is 0 Å². The van der Waals surface area contributed by atoms with Gasteiger partial charge in [-0.15, -0.1) is 0 Å². The van der Waals surface area contributed by atoms with Crippen molar-refractivity contribution in [1.29, 1.82) is 0 Å². The number of hydrogen-bond acceptors (Lipinski definition) is 3. The Labute approximate surface area is 126 Å². The summed E-state index contributed by atoms with van der Waals surface area (Å²) >= 11 is 0. The maximum absolute atomic E-state index is 9.78. The average Bonchev–Trinajstić information content (AvgIpc) is 2.78. The summed E-state index contributed by atoms with van der Waals surface area (Å²) < 4.78 is 0. The van der Waals surface area contributed by atoms with Crippen LogP contribution in [0.4, 0.5) is 0 Å². The molecule has 3 nitrogen and oxygen atoms in total. The number of aliphatic hydroxyl groups is 1. The zero-order valence-electron chi connectivity index (χ0n) is 14.0. The van der Waals surface area contributed by atoms with Crippen LogP contribution in [0, 0.1) is 0 Å². The highest BCUT2D eigenvalue weighted by atomic mass is 16.3. The number of likely N-dealkylation sites (N-methyl/N-ethyl adjacent to an activating group) is 1. The maximum Gasteiger partial charge on any atom is 0.105 e. The Hall–Kier alpha value is -0.120. The van der Waals surface area contributed by atoms with Gasteiger partial charge in [-0.05, 0) is 20.4 Å². The van der Waals surface area contributed by atoms with Crippen molar-refractivity contribution in [3.05, 3.63) is 0 Å². The molecule has 2 atom stereocenters. The highest BCUT2D eigenvalue weighted by Gasteiger charge is 2.30. The molecule has 1 rings (SSSR count). The Morgan fingerprint density at radius 1 is 0.950 bits per heavy atom. The summed E-state index contributed by atoms with van der Waals surface area (Å²) in [5, 5.41) is 9.78. The molecule has 3 heteroatoms. The molecule has 0 amide bonds. The van der Waals surface area contributed by atoms with Crippen LogP contribution in [0.1, 0.15) is 78.1 Å². The standard InChI is InChI=1S/C17H36N2O/c1-4-5-6-7-8-9-10-11-12-13-17-18(3)14-15-19(17)16(2)20/h16-17,20H,4-15H2,1-3H3. The number of aliphatic hydroxyl groups excluding tert-OH is 1. The fraction of sp³-hybridized carbons (Fsp3) is 1.00. The third-order valence-electron chi connectivity index (χ3n) is 4.65. The summed E-state index contributed by atoms with van der Waals surface area (Å²) in [5.41, 5.74) is 0. The molecule has 120 valence electrons. The molecule has 1 fully saturated rings. The van der Waals surface area contributed by atoms with Gasteiger partial charge >= 0.3 is 0 Å². The average molecular weight is 284 g/mol. The Kier molecular flexibility index (Phi) is 9.49. The minimum atomic E-state index is -0.302. The van der Waals surface area contributed by atoms with Crippen LogP contribution >= 0.6 is 0 Å². The molecular formula is C17H36N2O. The fourth-order valence-corrected chi connectivity index (χ4v) is 3.28. The van der Waals surface area contributed by atoms with Gasteiger partial charge in [0, 0.05) is 13.1 Å². The zero-order chi connectivity index (χ0) is 14.8. The van der Waals surface area contributed by atoms with Crippen LogP contribution in [-0.2, 0) is 0 Å². The van der Waals surface area contributed by atoms with E-state index in [4.69, 9.17) is 0 Å². The molecule has 1 aliphatic heterocycles. The molecular weight excluding hydrogens is 248 g/mol. The molecule has 0 spiro atoms. The van der Waals surface area contributed by atoms with Crippen molar-refractivity contribution in [1.82, 2.24) is 9.80 Å². The molecule has 0 radical (unpaired) electrons. The SMILES string of the molecule is CCCCCCCCCCCC1N(C)CCN1C(C)O. The lowest BCUT2D eigenvalue weighted by Gasteiger charge is -2.30. The zero-order valence-corrected chi connectivity index (χ0v) is 14.0. The number of rotatable bonds is 11. The Morgan fingerprint density at radius 3 is 2.05 bits per heavy atom. The smallest absolute Gasteiger partial charge is 0.105 e. The van der Waals surface area contributed by atoms with Crippen molar-refractivity contribution < 1.29 is 5.11 Å². The van der Waals surface area contributed by atoms with Gasteiger partial charge in [0.2, 0.25) is 0 Å². The quantitative estimate of drug-likeness (QED) is 0.584. The lowest BCUT2D eigenvalue weighted by atomic mass is 10.1. The summed E-state index contributed by atoms with van der Waals surface area (Å²) in [5.74, 6) is 0. The number of nitrogens with zero attached hydrogens (tertiary/aromatic N) is 2. The van der Waals surface area contributed by atoms with Crippen molar-refractivity contribution >= 4 is 0 Å². The van der Waals surface area contributed by atoms with Crippen LogP contribution in [0.3, 0.4) is 0 Å². The van der Waals surface area contributed by atoms with E-state index in [1.807, 2.05) is 6.92 Å². The van der Waals surface area contributed by atoms with E-state index < -0.39 is 0 Å². The van der Waals surface area contributed by atoms with Crippen LogP contribution in [0.2, 0.25) is 0 Å². The molecule has 0 bridgehead atoms. The first kappa shape index (κ1) is 17.9. The van der Waals surface area contributed by atoms with Crippen molar-refractivity contribution in [2.75, 3.05) is 20.1 Å². The normalized spacial score (nSPS) is 22.5. The molecule has 20 heavy (non-hydrogen) atoms. The molecule has 0 saturated carbocycles. The van der Waals surface area contributed by atoms with E-state index in [-0.39, 0.29) is 6.23 Å². The van der Waals surface area contributed by atoms with Gasteiger partial charge in [-0.2, -0.15) is 0 Å². The highest BCUT2D eigenvalue weighted by Crippen LogP contribution is 2.21. The molecule has 0 aliphatic carbocycles. The Bertz CT molecular complexity index is 233. The van der Waals surface area contributed by atoms with Crippen molar-refractivity contribution in [2.24, 2.45) is 0 Å². The molecule has 1 heterocycles. The Morgan fingerprint density at radius 2 is 1.50 bits per heavy atom. The molecule has 0 aromatic heterocycles. The van der Waals surface area contributed by atoms with Crippen molar-refractivity contribution in [2.45, 2.75) is 90.4 Å². The molecule has 0 aromatic carbocycles. The van der Waals surface area contributed by atoms with E-state index in [1.54, 1.807) is 0 Å². The second-order valence-corrected chi connectivity index (χ2v) is 6.45. The van der Waals surface area contributed by atoms with Crippen LogP contribution in [0.15, 0.2) is 0 Å². The second kappa shape index (κ2) is 10.6. The predicted molar refractivity (Wildman–Crippen MR) is 86.6 cm³/mol. The van der Waals surface area contributed by atoms with E-state index in [0.717, 1.165) is 13.1 Å². The first-order valence-electron chi connectivity index (χ1n) is 8.81. The molecule has 1 N–H and O–H groups in total. The van der Waals surface area contributed by atoms with Gasteiger partial charge < -0.3 is 5.11 Å². The highest BCUT2D eigenvalue weighted by molar-refractivity contribution is 4.80. The largest absolute Gasteiger partial charge is 0.379 e. The lowest BCUT2D eigenvalue weighted by molar-refractivity contribution is -0.0155. The van der Waals surface area contributed by atoms with Crippen molar-refractivity contribution in [3.8, 4) is 0 Å².